The SMILES string of the molecule is CCOC(=O)C(C)OC(=O)c1cc(NC(C)=O)c(Cl)c(C(=O)c2ccc(OC)cc2)c1. The molecule has 2 aromatic rings. The molecule has 0 aromatic heterocycles. The molecule has 0 saturated heterocycles. The van der Waals surface area contributed by atoms with E-state index >= 15 is 0 Å². The third kappa shape index (κ3) is 6.05. The van der Waals surface area contributed by atoms with Gasteiger partial charge in [0.05, 0.1) is 30.0 Å². The standard InChI is InChI=1S/C22H22ClNO7/c1-5-30-21(27)12(2)31-22(28)15-10-17(19(23)18(11-15)24-13(3)25)20(26)14-6-8-16(29-4)9-7-14/h6-12H,5H2,1-4H3,(H,24,25). The number of anilines is 1. The Morgan fingerprint density at radius 3 is 2.26 bits per heavy atom. The number of esters is 2. The van der Waals surface area contributed by atoms with Gasteiger partial charge in [-0.25, -0.2) is 9.59 Å². The van der Waals surface area contributed by atoms with E-state index in [0.717, 1.165) is 0 Å². The minimum Gasteiger partial charge on any atom is -0.497 e. The van der Waals surface area contributed by atoms with E-state index < -0.39 is 29.7 Å². The van der Waals surface area contributed by atoms with Crippen LogP contribution < -0.4 is 10.1 Å². The summed E-state index contributed by atoms with van der Waals surface area (Å²) in [5, 5.41) is 2.45. The fraction of sp³-hybridized carbons (Fsp3) is 0.273. The highest BCUT2D eigenvalue weighted by molar-refractivity contribution is 6.38. The van der Waals surface area contributed by atoms with Gasteiger partial charge in [0.15, 0.2) is 11.9 Å². The van der Waals surface area contributed by atoms with Crippen molar-refractivity contribution in [3.63, 3.8) is 0 Å². The third-order valence-electron chi connectivity index (χ3n) is 4.12. The van der Waals surface area contributed by atoms with Gasteiger partial charge in [-0.15, -0.1) is 0 Å². The Balaban J connectivity index is 2.45. The second-order valence-corrected chi connectivity index (χ2v) is 6.80. The van der Waals surface area contributed by atoms with Crippen LogP contribution in [0.3, 0.4) is 0 Å². The number of rotatable bonds is 8. The van der Waals surface area contributed by atoms with Gasteiger partial charge in [-0.2, -0.15) is 0 Å². The number of amides is 1. The first-order valence-electron chi connectivity index (χ1n) is 9.35. The van der Waals surface area contributed by atoms with Crippen molar-refractivity contribution in [2.75, 3.05) is 19.0 Å². The number of methoxy groups -OCH3 is 1. The molecule has 0 aliphatic heterocycles. The summed E-state index contributed by atoms with van der Waals surface area (Å²) < 4.78 is 15.0. The van der Waals surface area contributed by atoms with Crippen LogP contribution in [0.5, 0.6) is 5.75 Å². The van der Waals surface area contributed by atoms with Gasteiger partial charge in [-0.3, -0.25) is 9.59 Å². The van der Waals surface area contributed by atoms with Crippen molar-refractivity contribution < 1.29 is 33.4 Å². The van der Waals surface area contributed by atoms with Crippen molar-refractivity contribution in [3.05, 3.63) is 58.1 Å². The molecule has 1 N–H and O–H groups in total. The van der Waals surface area contributed by atoms with E-state index in [2.05, 4.69) is 5.32 Å². The number of benzene rings is 2. The van der Waals surface area contributed by atoms with Crippen molar-refractivity contribution in [2.45, 2.75) is 26.9 Å². The Labute approximate surface area is 184 Å². The Bertz CT molecular complexity index is 1000. The average Bonchev–Trinajstić information content (AvgIpc) is 2.74. The van der Waals surface area contributed by atoms with E-state index in [1.165, 1.54) is 33.1 Å². The topological polar surface area (TPSA) is 108 Å². The number of ketones is 1. The summed E-state index contributed by atoms with van der Waals surface area (Å²) in [5.74, 6) is -1.96. The molecule has 1 atom stereocenters. The molecule has 0 radical (unpaired) electrons. The average molecular weight is 448 g/mol. The minimum absolute atomic E-state index is 0.0196. The van der Waals surface area contributed by atoms with Gasteiger partial charge < -0.3 is 19.5 Å². The number of ether oxygens (including phenoxy) is 3. The number of nitrogens with one attached hydrogen (secondary N) is 1. The number of carbonyl (C=O) groups excluding carboxylic acids is 4. The molecule has 0 aliphatic rings. The molecular formula is C22H22ClNO7. The molecule has 0 bridgehead atoms. The zero-order valence-electron chi connectivity index (χ0n) is 17.5. The molecule has 0 saturated carbocycles. The van der Waals surface area contributed by atoms with Crippen molar-refractivity contribution in [3.8, 4) is 5.75 Å². The fourth-order valence-electron chi connectivity index (χ4n) is 2.62. The third-order valence-corrected chi connectivity index (χ3v) is 4.53. The maximum atomic E-state index is 13.0. The summed E-state index contributed by atoms with van der Waals surface area (Å²) in [5.41, 5.74) is 0.265. The van der Waals surface area contributed by atoms with E-state index in [1.807, 2.05) is 0 Å². The maximum Gasteiger partial charge on any atom is 0.347 e. The largest absolute Gasteiger partial charge is 0.497 e. The molecule has 164 valence electrons. The first kappa shape index (κ1) is 23.9. The van der Waals surface area contributed by atoms with E-state index in [4.69, 9.17) is 25.8 Å². The lowest BCUT2D eigenvalue weighted by Gasteiger charge is -2.15. The molecule has 2 aromatic carbocycles. The summed E-state index contributed by atoms with van der Waals surface area (Å²) in [7, 11) is 1.50. The summed E-state index contributed by atoms with van der Waals surface area (Å²) in [6.45, 7) is 4.39. The Morgan fingerprint density at radius 2 is 1.71 bits per heavy atom. The zero-order valence-corrected chi connectivity index (χ0v) is 18.2. The lowest BCUT2D eigenvalue weighted by atomic mass is 10.00. The molecule has 31 heavy (non-hydrogen) atoms. The van der Waals surface area contributed by atoms with Crippen molar-refractivity contribution >= 4 is 40.9 Å². The van der Waals surface area contributed by atoms with Crippen molar-refractivity contribution in [1.29, 1.82) is 0 Å². The molecule has 2 rings (SSSR count). The number of carbonyl (C=O) groups is 4. The van der Waals surface area contributed by atoms with Gasteiger partial charge in [0.1, 0.15) is 5.75 Å². The Morgan fingerprint density at radius 1 is 1.06 bits per heavy atom. The van der Waals surface area contributed by atoms with E-state index in [1.54, 1.807) is 31.2 Å². The van der Waals surface area contributed by atoms with Crippen LogP contribution in [-0.2, 0) is 19.1 Å². The molecule has 0 spiro atoms. The van der Waals surface area contributed by atoms with Crippen LogP contribution in [0.15, 0.2) is 36.4 Å². The number of hydrogen-bond donors (Lipinski definition) is 1. The van der Waals surface area contributed by atoms with Gasteiger partial charge >= 0.3 is 11.9 Å². The zero-order chi connectivity index (χ0) is 23.1. The van der Waals surface area contributed by atoms with Crippen LogP contribution >= 0.6 is 11.6 Å². The molecule has 1 unspecified atom stereocenters. The highest BCUT2D eigenvalue weighted by Gasteiger charge is 2.24. The Kier molecular flexibility index (Phi) is 8.15. The molecule has 9 heteroatoms. The van der Waals surface area contributed by atoms with Crippen molar-refractivity contribution in [1.82, 2.24) is 0 Å². The summed E-state index contributed by atoms with van der Waals surface area (Å²) in [6.07, 6.45) is -1.16. The minimum atomic E-state index is -1.16. The maximum absolute atomic E-state index is 13.0. The van der Waals surface area contributed by atoms with Crippen molar-refractivity contribution in [2.24, 2.45) is 0 Å². The normalized spacial score (nSPS) is 11.3. The summed E-state index contributed by atoms with van der Waals surface area (Å²) >= 11 is 6.34. The predicted octanol–water partition coefficient (Wildman–Crippen LogP) is 3.65. The van der Waals surface area contributed by atoms with Crippen LogP contribution in [0.1, 0.15) is 47.1 Å². The van der Waals surface area contributed by atoms with Crippen LogP contribution in [0.4, 0.5) is 5.69 Å². The van der Waals surface area contributed by atoms with Gasteiger partial charge in [0.25, 0.3) is 0 Å². The molecule has 8 nitrogen and oxygen atoms in total. The fourth-order valence-corrected chi connectivity index (χ4v) is 2.86. The second-order valence-electron chi connectivity index (χ2n) is 6.42. The highest BCUT2D eigenvalue weighted by Crippen LogP contribution is 2.31. The smallest absolute Gasteiger partial charge is 0.347 e. The quantitative estimate of drug-likeness (QED) is 0.486. The molecule has 0 heterocycles. The number of halogens is 1. The van der Waals surface area contributed by atoms with Crippen LogP contribution in [-0.4, -0.2) is 43.4 Å². The molecule has 0 fully saturated rings. The monoisotopic (exact) mass is 447 g/mol. The molecular weight excluding hydrogens is 426 g/mol. The van der Waals surface area contributed by atoms with E-state index in [0.29, 0.717) is 11.3 Å². The summed E-state index contributed by atoms with van der Waals surface area (Å²) in [4.78, 5) is 48.9. The molecule has 0 aliphatic carbocycles. The van der Waals surface area contributed by atoms with Crippen LogP contribution in [0.25, 0.3) is 0 Å². The summed E-state index contributed by atoms with van der Waals surface area (Å²) in [6, 6.07) is 8.83. The van der Waals surface area contributed by atoms with Gasteiger partial charge in [0, 0.05) is 18.1 Å². The number of hydrogen-bond acceptors (Lipinski definition) is 7. The van der Waals surface area contributed by atoms with Gasteiger partial charge in [-0.05, 0) is 50.2 Å². The van der Waals surface area contributed by atoms with Crippen LogP contribution in [0.2, 0.25) is 5.02 Å². The lowest BCUT2D eigenvalue weighted by Crippen LogP contribution is -2.26. The predicted molar refractivity (Wildman–Crippen MR) is 114 cm³/mol. The van der Waals surface area contributed by atoms with E-state index in [9.17, 15) is 19.2 Å². The van der Waals surface area contributed by atoms with E-state index in [-0.39, 0.29) is 28.4 Å². The van der Waals surface area contributed by atoms with Gasteiger partial charge in [-0.1, -0.05) is 11.6 Å². The van der Waals surface area contributed by atoms with Gasteiger partial charge in [0.2, 0.25) is 5.91 Å². The lowest BCUT2D eigenvalue weighted by molar-refractivity contribution is -0.152. The molecule has 1 amide bonds. The second kappa shape index (κ2) is 10.6. The van der Waals surface area contributed by atoms with Crippen LogP contribution in [0, 0.1) is 0 Å². The first-order valence-corrected chi connectivity index (χ1v) is 9.73. The highest BCUT2D eigenvalue weighted by atomic mass is 35.5. The Hall–Kier alpha value is -3.39. The first-order chi connectivity index (χ1) is 14.7.